The molecule has 2 heteroatoms. The molecule has 0 unspecified atom stereocenters. The summed E-state index contributed by atoms with van der Waals surface area (Å²) >= 11 is 5.91. The Morgan fingerprint density at radius 1 is 1.19 bits per heavy atom. The first-order valence-corrected chi connectivity index (χ1v) is 8.85. The van der Waals surface area contributed by atoms with Crippen LogP contribution in [0.2, 0.25) is 17.1 Å². The van der Waals surface area contributed by atoms with Gasteiger partial charge in [0.2, 0.25) is 0 Å². The van der Waals surface area contributed by atoms with Crippen molar-refractivity contribution >= 4 is 20.4 Å². The molecule has 86 valence electrons. The lowest BCUT2D eigenvalue weighted by Gasteiger charge is -2.26. The molecule has 0 aromatic heterocycles. The van der Waals surface area contributed by atoms with Crippen LogP contribution in [0.15, 0.2) is 36.0 Å². The molecule has 0 nitrogen and oxygen atoms in total. The third-order valence-corrected chi connectivity index (χ3v) is 6.91. The minimum atomic E-state index is -0.505. The molecule has 1 aromatic carbocycles. The summed E-state index contributed by atoms with van der Waals surface area (Å²) in [6, 6.07) is 11.4. The van der Waals surface area contributed by atoms with Crippen LogP contribution >= 0.6 is 11.6 Å². The first-order valence-electron chi connectivity index (χ1n) is 6.18. The summed E-state index contributed by atoms with van der Waals surface area (Å²) in [5.41, 5.74) is 3.98. The molecule has 0 N–H and O–H groups in total. The summed E-state index contributed by atoms with van der Waals surface area (Å²) in [5.74, 6) is 0.784. The molecular formula is C14H19ClSi. The van der Waals surface area contributed by atoms with E-state index in [0.29, 0.717) is 0 Å². The lowest BCUT2D eigenvalue weighted by atomic mass is 9.94. The second-order valence-electron chi connectivity index (χ2n) is 4.69. The highest BCUT2D eigenvalue weighted by molar-refractivity contribution is 6.64. The van der Waals surface area contributed by atoms with E-state index in [9.17, 15) is 0 Å². The molecule has 0 atom stereocenters. The SMILES string of the molecule is C/C=C/[SiH]1CCC(c2ccc(Cl)cc2)CC1. The largest absolute Gasteiger partial charge is 0.102 e. The maximum absolute atomic E-state index is 5.91. The average molecular weight is 251 g/mol. The van der Waals surface area contributed by atoms with E-state index in [0.717, 1.165) is 10.9 Å². The maximum Gasteiger partial charge on any atom is 0.0611 e. The fraction of sp³-hybridized carbons (Fsp3) is 0.429. The monoisotopic (exact) mass is 250 g/mol. The van der Waals surface area contributed by atoms with Gasteiger partial charge in [-0.05, 0) is 43.4 Å². The Bertz CT molecular complexity index is 348. The summed E-state index contributed by atoms with van der Waals surface area (Å²) in [6.45, 7) is 2.15. The van der Waals surface area contributed by atoms with Crippen LogP contribution in [0.5, 0.6) is 0 Å². The Kier molecular flexibility index (Phi) is 4.25. The van der Waals surface area contributed by atoms with Crippen molar-refractivity contribution in [3.8, 4) is 0 Å². The molecule has 1 saturated heterocycles. The Morgan fingerprint density at radius 2 is 1.81 bits per heavy atom. The minimum Gasteiger partial charge on any atom is -0.102 e. The average Bonchev–Trinajstić information content (AvgIpc) is 2.32. The Balaban J connectivity index is 1.96. The fourth-order valence-corrected chi connectivity index (χ4v) is 5.66. The van der Waals surface area contributed by atoms with E-state index in [1.165, 1.54) is 30.5 Å². The third-order valence-electron chi connectivity index (χ3n) is 3.58. The Labute approximate surface area is 105 Å². The van der Waals surface area contributed by atoms with Gasteiger partial charge in [-0.1, -0.05) is 41.9 Å². The second-order valence-corrected chi connectivity index (χ2v) is 8.19. The van der Waals surface area contributed by atoms with Crippen LogP contribution in [-0.4, -0.2) is 8.80 Å². The Hall–Kier alpha value is -0.533. The van der Waals surface area contributed by atoms with Crippen molar-refractivity contribution in [2.75, 3.05) is 0 Å². The van der Waals surface area contributed by atoms with Crippen LogP contribution in [-0.2, 0) is 0 Å². The van der Waals surface area contributed by atoms with E-state index in [4.69, 9.17) is 11.6 Å². The van der Waals surface area contributed by atoms with Crippen LogP contribution in [0, 0.1) is 0 Å². The van der Waals surface area contributed by atoms with Gasteiger partial charge in [-0.3, -0.25) is 0 Å². The lowest BCUT2D eigenvalue weighted by molar-refractivity contribution is 0.611. The molecule has 1 aromatic rings. The van der Waals surface area contributed by atoms with Crippen molar-refractivity contribution in [1.82, 2.24) is 0 Å². The van der Waals surface area contributed by atoms with Crippen molar-refractivity contribution in [1.29, 1.82) is 0 Å². The molecule has 0 spiro atoms. The van der Waals surface area contributed by atoms with Crippen molar-refractivity contribution < 1.29 is 0 Å². The molecule has 1 aliphatic rings. The van der Waals surface area contributed by atoms with Crippen molar-refractivity contribution in [2.45, 2.75) is 37.8 Å². The quantitative estimate of drug-likeness (QED) is 0.675. The number of allylic oxidation sites excluding steroid dienone is 1. The van der Waals surface area contributed by atoms with E-state index in [-0.39, 0.29) is 0 Å². The van der Waals surface area contributed by atoms with Crippen LogP contribution in [0.4, 0.5) is 0 Å². The molecule has 0 saturated carbocycles. The normalized spacial score (nSPS) is 26.1. The van der Waals surface area contributed by atoms with Crippen LogP contribution in [0.3, 0.4) is 0 Å². The van der Waals surface area contributed by atoms with Crippen molar-refractivity contribution in [3.05, 3.63) is 46.6 Å². The number of hydrogen-bond donors (Lipinski definition) is 0. The molecule has 0 aliphatic carbocycles. The second kappa shape index (κ2) is 5.69. The maximum atomic E-state index is 5.91. The van der Waals surface area contributed by atoms with E-state index < -0.39 is 8.80 Å². The number of benzene rings is 1. The standard InChI is InChI=1S/C14H19ClSi/c1-2-9-16-10-7-13(8-11-16)12-3-5-14(15)6-4-12/h2-6,9,13,16H,7-8,10-11H2,1H3/b9-2+. The van der Waals surface area contributed by atoms with E-state index >= 15 is 0 Å². The molecule has 0 amide bonds. The van der Waals surface area contributed by atoms with Gasteiger partial charge in [0.1, 0.15) is 0 Å². The van der Waals surface area contributed by atoms with Gasteiger partial charge >= 0.3 is 0 Å². The van der Waals surface area contributed by atoms with E-state index in [1.54, 1.807) is 0 Å². The summed E-state index contributed by atoms with van der Waals surface area (Å²) in [6.07, 6.45) is 5.01. The van der Waals surface area contributed by atoms with Crippen molar-refractivity contribution in [3.63, 3.8) is 0 Å². The summed E-state index contributed by atoms with van der Waals surface area (Å²) in [5, 5.41) is 0.848. The zero-order chi connectivity index (χ0) is 11.4. The summed E-state index contributed by atoms with van der Waals surface area (Å²) in [7, 11) is -0.505. The summed E-state index contributed by atoms with van der Waals surface area (Å²) in [4.78, 5) is 0. The van der Waals surface area contributed by atoms with Crippen molar-refractivity contribution in [2.24, 2.45) is 0 Å². The van der Waals surface area contributed by atoms with E-state index in [2.05, 4.69) is 30.8 Å². The van der Waals surface area contributed by atoms with Gasteiger partial charge in [0.05, 0.1) is 8.80 Å². The van der Waals surface area contributed by atoms with Gasteiger partial charge in [-0.15, -0.1) is 5.70 Å². The van der Waals surface area contributed by atoms with Gasteiger partial charge < -0.3 is 0 Å². The number of rotatable bonds is 2. The third kappa shape index (κ3) is 2.99. The number of hydrogen-bond acceptors (Lipinski definition) is 0. The molecule has 1 fully saturated rings. The minimum absolute atomic E-state index is 0.505. The highest BCUT2D eigenvalue weighted by Gasteiger charge is 2.21. The molecule has 16 heavy (non-hydrogen) atoms. The number of halogens is 1. The molecule has 0 bridgehead atoms. The lowest BCUT2D eigenvalue weighted by Crippen LogP contribution is -2.18. The molecule has 0 radical (unpaired) electrons. The first kappa shape index (κ1) is 11.9. The van der Waals surface area contributed by atoms with Gasteiger partial charge in [-0.2, -0.15) is 0 Å². The van der Waals surface area contributed by atoms with Crippen LogP contribution < -0.4 is 0 Å². The molecule has 1 aliphatic heterocycles. The van der Waals surface area contributed by atoms with Gasteiger partial charge in [0.25, 0.3) is 0 Å². The smallest absolute Gasteiger partial charge is 0.0611 e. The molecule has 1 heterocycles. The van der Waals surface area contributed by atoms with Crippen LogP contribution in [0.1, 0.15) is 31.2 Å². The summed E-state index contributed by atoms with van der Waals surface area (Å²) < 4.78 is 0. The zero-order valence-electron chi connectivity index (χ0n) is 9.83. The van der Waals surface area contributed by atoms with E-state index in [1.807, 2.05) is 12.1 Å². The Morgan fingerprint density at radius 3 is 2.38 bits per heavy atom. The fourth-order valence-electron chi connectivity index (χ4n) is 2.65. The first-order chi connectivity index (χ1) is 7.79. The zero-order valence-corrected chi connectivity index (χ0v) is 11.7. The predicted molar refractivity (Wildman–Crippen MR) is 75.0 cm³/mol. The molecular weight excluding hydrogens is 232 g/mol. The molecule has 2 rings (SSSR count). The van der Waals surface area contributed by atoms with Gasteiger partial charge in [-0.25, -0.2) is 0 Å². The van der Waals surface area contributed by atoms with Gasteiger partial charge in [0, 0.05) is 5.02 Å². The van der Waals surface area contributed by atoms with Crippen LogP contribution in [0.25, 0.3) is 0 Å². The highest BCUT2D eigenvalue weighted by Crippen LogP contribution is 2.34. The van der Waals surface area contributed by atoms with Gasteiger partial charge in [0.15, 0.2) is 0 Å². The highest BCUT2D eigenvalue weighted by atomic mass is 35.5. The topological polar surface area (TPSA) is 0 Å². The predicted octanol–water partition coefficient (Wildman–Crippen LogP) is 4.56.